The number of aliphatic hydroxyl groups excluding tert-OH is 2. The van der Waals surface area contributed by atoms with Gasteiger partial charge in [-0.3, -0.25) is 0 Å². The van der Waals surface area contributed by atoms with Crippen molar-refractivity contribution in [3.05, 3.63) is 24.8 Å². The third-order valence-corrected chi connectivity index (χ3v) is 1.82. The van der Waals surface area contributed by atoms with Gasteiger partial charge in [0.1, 0.15) is 12.7 Å². The first-order valence-electron chi connectivity index (χ1n) is 6.48. The zero-order valence-electron chi connectivity index (χ0n) is 12.7. The lowest BCUT2D eigenvalue weighted by atomic mass is 10.4. The van der Waals surface area contributed by atoms with Gasteiger partial charge in [-0.2, -0.15) is 0 Å². The maximum absolute atomic E-state index is 10.3. The molecule has 0 aromatic carbocycles. The molecule has 1 heterocycles. The van der Waals surface area contributed by atoms with Crippen LogP contribution in [0.1, 0.15) is 6.92 Å². The minimum absolute atomic E-state index is 0.0278. The van der Waals surface area contributed by atoms with Gasteiger partial charge in [0.15, 0.2) is 0 Å². The zero-order chi connectivity index (χ0) is 17.4. The van der Waals surface area contributed by atoms with E-state index in [-0.39, 0.29) is 30.9 Å². The van der Waals surface area contributed by atoms with Gasteiger partial charge in [0.25, 0.3) is 0 Å². The van der Waals surface area contributed by atoms with Crippen LogP contribution in [0.5, 0.6) is 0 Å². The fourth-order valence-corrected chi connectivity index (χ4v) is 0.629. The summed E-state index contributed by atoms with van der Waals surface area (Å²) < 4.78 is 14.1. The number of epoxide rings is 1. The summed E-state index contributed by atoms with van der Waals surface area (Å²) in [7, 11) is 0. The van der Waals surface area contributed by atoms with Gasteiger partial charge >= 0.3 is 11.9 Å². The Balaban J connectivity index is 0. The highest BCUT2D eigenvalue weighted by Crippen LogP contribution is 2.08. The monoisotopic (exact) mass is 320 g/mol. The molecule has 128 valence electrons. The predicted octanol–water partition coefficient (Wildman–Crippen LogP) is -0.251. The van der Waals surface area contributed by atoms with E-state index in [1.165, 1.54) is 6.92 Å². The number of hydrogen-bond donors (Lipinski definition) is 3. The van der Waals surface area contributed by atoms with Crippen LogP contribution in [0.25, 0.3) is 0 Å². The number of aliphatic hydroxyl groups is 2. The van der Waals surface area contributed by atoms with E-state index in [0.29, 0.717) is 26.4 Å². The highest BCUT2D eigenvalue weighted by atomic mass is 16.6. The van der Waals surface area contributed by atoms with Crippen molar-refractivity contribution in [3.63, 3.8) is 0 Å². The molecule has 3 N–H and O–H groups in total. The number of ether oxygens (including phenoxy) is 3. The summed E-state index contributed by atoms with van der Waals surface area (Å²) in [6.45, 7) is 9.62. The van der Waals surface area contributed by atoms with Gasteiger partial charge in [-0.1, -0.05) is 13.2 Å². The van der Waals surface area contributed by atoms with Crippen molar-refractivity contribution < 1.29 is 39.1 Å². The Morgan fingerprint density at radius 3 is 2.05 bits per heavy atom. The van der Waals surface area contributed by atoms with Gasteiger partial charge in [-0.05, 0) is 6.92 Å². The molecule has 0 spiro atoms. The quantitative estimate of drug-likeness (QED) is 0.242. The summed E-state index contributed by atoms with van der Waals surface area (Å²) in [4.78, 5) is 19.9. The van der Waals surface area contributed by atoms with Gasteiger partial charge < -0.3 is 29.5 Å². The third kappa shape index (κ3) is 20.6. The maximum atomic E-state index is 10.3. The summed E-state index contributed by atoms with van der Waals surface area (Å²) in [5.41, 5.74) is 0.176. The molecule has 0 radical (unpaired) electrons. The fraction of sp³-hybridized carbons (Fsp3) is 0.571. The van der Waals surface area contributed by atoms with Crippen molar-refractivity contribution in [2.45, 2.75) is 13.0 Å². The number of carboxylic acids is 1. The summed E-state index contributed by atoms with van der Waals surface area (Å²) >= 11 is 0. The second-order valence-corrected chi connectivity index (χ2v) is 3.93. The molecule has 0 amide bonds. The van der Waals surface area contributed by atoms with E-state index in [9.17, 15) is 9.59 Å². The topological polar surface area (TPSA) is 126 Å². The summed E-state index contributed by atoms with van der Waals surface area (Å²) in [5.74, 6) is -1.32. The van der Waals surface area contributed by atoms with E-state index in [1.807, 2.05) is 0 Å². The molecule has 0 aromatic heterocycles. The number of carbonyl (C=O) groups is 2. The summed E-state index contributed by atoms with van der Waals surface area (Å²) in [6.07, 6.45) is 1.29. The van der Waals surface area contributed by atoms with Crippen LogP contribution >= 0.6 is 0 Å². The molecule has 1 atom stereocenters. The molecule has 1 aliphatic heterocycles. The van der Waals surface area contributed by atoms with Crippen LogP contribution in [-0.2, 0) is 23.8 Å². The Labute approximate surface area is 129 Å². The number of hydrogen-bond acceptors (Lipinski definition) is 7. The Kier molecular flexibility index (Phi) is 16.0. The van der Waals surface area contributed by atoms with E-state index >= 15 is 0 Å². The molecule has 0 bridgehead atoms. The normalized spacial score (nSPS) is 14.4. The van der Waals surface area contributed by atoms with Crippen LogP contribution in [0.4, 0.5) is 0 Å². The number of carboxylic acid groups (broad SMARTS) is 1. The molecule has 1 rings (SSSR count). The number of esters is 1. The highest BCUT2D eigenvalue weighted by molar-refractivity contribution is 5.84. The molecule has 0 saturated carbocycles. The lowest BCUT2D eigenvalue weighted by Gasteiger charge is -1.94. The third-order valence-electron chi connectivity index (χ3n) is 1.82. The zero-order valence-corrected chi connectivity index (χ0v) is 12.7. The minimum Gasteiger partial charge on any atom is -0.478 e. The van der Waals surface area contributed by atoms with Gasteiger partial charge in [-0.25, -0.2) is 9.59 Å². The fourth-order valence-electron chi connectivity index (χ4n) is 0.629. The summed E-state index contributed by atoms with van der Waals surface area (Å²) in [5, 5.41) is 24.1. The second-order valence-electron chi connectivity index (χ2n) is 3.93. The van der Waals surface area contributed by atoms with E-state index in [0.717, 1.165) is 6.08 Å². The first-order chi connectivity index (χ1) is 10.4. The molecule has 8 nitrogen and oxygen atoms in total. The molecule has 0 aliphatic carbocycles. The Hall–Kier alpha value is -1.74. The van der Waals surface area contributed by atoms with Crippen LogP contribution in [0.2, 0.25) is 0 Å². The maximum Gasteiger partial charge on any atom is 0.330 e. The molecule has 22 heavy (non-hydrogen) atoms. The lowest BCUT2D eigenvalue weighted by Crippen LogP contribution is -2.06. The molecule has 1 unspecified atom stereocenters. The molecule has 1 fully saturated rings. The average Bonchev–Trinajstić information content (AvgIpc) is 3.31. The van der Waals surface area contributed by atoms with Crippen LogP contribution in [-0.4, -0.2) is 73.0 Å². The van der Waals surface area contributed by atoms with Crippen LogP contribution in [0, 0.1) is 0 Å². The van der Waals surface area contributed by atoms with Gasteiger partial charge in [0, 0.05) is 11.6 Å². The Bertz CT molecular complexity index is 320. The number of carbonyl (C=O) groups excluding carboxylic acids is 1. The van der Waals surface area contributed by atoms with Gasteiger partial charge in [0.05, 0.1) is 33.0 Å². The standard InChI is InChI=1S/C6H8O3.C4H10O3.C4H6O2/c1-2-6(7)9-4-5-3-8-5;5-1-3-7-4-2-6;1-3(2)4(5)6/h2,5H,1,3-4H2;5-6H,1-4H2;1H2,2H3,(H,5,6). The van der Waals surface area contributed by atoms with Gasteiger partial charge in [-0.15, -0.1) is 0 Å². The first kappa shape index (κ1) is 22.5. The van der Waals surface area contributed by atoms with E-state index in [1.54, 1.807) is 0 Å². The van der Waals surface area contributed by atoms with E-state index < -0.39 is 5.97 Å². The SMILES string of the molecule is C=C(C)C(=O)O.C=CC(=O)OCC1CO1.OCCOCCO. The van der Waals surface area contributed by atoms with Crippen molar-refractivity contribution in [2.75, 3.05) is 39.6 Å². The van der Waals surface area contributed by atoms with E-state index in [4.69, 9.17) is 20.1 Å². The first-order valence-corrected chi connectivity index (χ1v) is 6.48. The van der Waals surface area contributed by atoms with Gasteiger partial charge in [0.2, 0.25) is 0 Å². The number of rotatable bonds is 8. The molecule has 1 aliphatic rings. The molecular weight excluding hydrogens is 296 g/mol. The van der Waals surface area contributed by atoms with Crippen LogP contribution < -0.4 is 0 Å². The Morgan fingerprint density at radius 1 is 1.32 bits per heavy atom. The van der Waals surface area contributed by atoms with Crippen LogP contribution in [0.15, 0.2) is 24.8 Å². The van der Waals surface area contributed by atoms with Crippen LogP contribution in [0.3, 0.4) is 0 Å². The number of aliphatic carboxylic acids is 1. The Morgan fingerprint density at radius 2 is 1.77 bits per heavy atom. The van der Waals surface area contributed by atoms with Crippen molar-refractivity contribution in [3.8, 4) is 0 Å². The van der Waals surface area contributed by atoms with E-state index in [2.05, 4.69) is 22.6 Å². The average molecular weight is 320 g/mol. The largest absolute Gasteiger partial charge is 0.478 e. The molecular formula is C14H24O8. The molecule has 8 heteroatoms. The smallest absolute Gasteiger partial charge is 0.330 e. The molecule has 1 saturated heterocycles. The predicted molar refractivity (Wildman–Crippen MR) is 78.3 cm³/mol. The van der Waals surface area contributed by atoms with Crippen molar-refractivity contribution in [1.82, 2.24) is 0 Å². The lowest BCUT2D eigenvalue weighted by molar-refractivity contribution is -0.138. The minimum atomic E-state index is -0.935. The summed E-state index contributed by atoms with van der Waals surface area (Å²) in [6, 6.07) is 0. The highest BCUT2D eigenvalue weighted by Gasteiger charge is 2.23. The van der Waals surface area contributed by atoms with Crippen molar-refractivity contribution in [2.24, 2.45) is 0 Å². The van der Waals surface area contributed by atoms with Crippen molar-refractivity contribution in [1.29, 1.82) is 0 Å². The molecule has 0 aromatic rings. The second kappa shape index (κ2) is 15.6. The van der Waals surface area contributed by atoms with Crippen molar-refractivity contribution >= 4 is 11.9 Å².